The second-order valence-electron chi connectivity index (χ2n) is 4.30. The van der Waals surface area contributed by atoms with Crippen LogP contribution in [0.2, 0.25) is 5.02 Å². The molecule has 1 atom stereocenters. The van der Waals surface area contributed by atoms with Crippen LogP contribution in [0.25, 0.3) is 0 Å². The van der Waals surface area contributed by atoms with Crippen molar-refractivity contribution in [3.05, 3.63) is 34.9 Å². The summed E-state index contributed by atoms with van der Waals surface area (Å²) < 4.78 is 0. The van der Waals surface area contributed by atoms with Crippen LogP contribution in [-0.2, 0) is 0 Å². The minimum atomic E-state index is 0.349. The van der Waals surface area contributed by atoms with Gasteiger partial charge in [0.25, 0.3) is 0 Å². The largest absolute Gasteiger partial charge is 0.307 e. The molecule has 1 aromatic rings. The lowest BCUT2D eigenvalue weighted by molar-refractivity contribution is 0.431. The molecular formula is C13H18ClNS. The van der Waals surface area contributed by atoms with Crippen molar-refractivity contribution in [1.29, 1.82) is 0 Å². The molecule has 0 aromatic heterocycles. The summed E-state index contributed by atoms with van der Waals surface area (Å²) in [6.45, 7) is 2.20. The molecule has 0 saturated carbocycles. The first kappa shape index (κ1) is 12.3. The molecule has 1 nitrogen and oxygen atoms in total. The molecule has 16 heavy (non-hydrogen) atoms. The van der Waals surface area contributed by atoms with E-state index in [1.807, 2.05) is 12.1 Å². The Balaban J connectivity index is 1.96. The SMILES string of the molecule is C[C@H](NC1CCSCC1)c1ccccc1Cl. The molecule has 1 aromatic carbocycles. The number of benzene rings is 1. The number of halogens is 1. The van der Waals surface area contributed by atoms with Crippen LogP contribution in [0.15, 0.2) is 24.3 Å². The zero-order valence-electron chi connectivity index (χ0n) is 9.58. The van der Waals surface area contributed by atoms with Gasteiger partial charge in [0.1, 0.15) is 0 Å². The maximum absolute atomic E-state index is 6.19. The van der Waals surface area contributed by atoms with Crippen molar-refractivity contribution in [3.63, 3.8) is 0 Å². The lowest BCUT2D eigenvalue weighted by Gasteiger charge is -2.27. The van der Waals surface area contributed by atoms with Gasteiger partial charge in [0, 0.05) is 17.1 Å². The van der Waals surface area contributed by atoms with Gasteiger partial charge in [-0.3, -0.25) is 0 Å². The first-order valence-electron chi connectivity index (χ1n) is 5.85. The fourth-order valence-electron chi connectivity index (χ4n) is 2.13. The highest BCUT2D eigenvalue weighted by Crippen LogP contribution is 2.25. The average molecular weight is 256 g/mol. The molecule has 0 amide bonds. The van der Waals surface area contributed by atoms with E-state index in [-0.39, 0.29) is 0 Å². The molecule has 1 aliphatic heterocycles. The van der Waals surface area contributed by atoms with E-state index in [4.69, 9.17) is 11.6 Å². The van der Waals surface area contributed by atoms with E-state index >= 15 is 0 Å². The van der Waals surface area contributed by atoms with Crippen molar-refractivity contribution in [1.82, 2.24) is 5.32 Å². The fraction of sp³-hybridized carbons (Fsp3) is 0.538. The predicted molar refractivity (Wildman–Crippen MR) is 73.3 cm³/mol. The predicted octanol–water partition coefficient (Wildman–Crippen LogP) is 3.89. The molecule has 1 N–H and O–H groups in total. The van der Waals surface area contributed by atoms with Crippen molar-refractivity contribution in [2.75, 3.05) is 11.5 Å². The van der Waals surface area contributed by atoms with E-state index in [2.05, 4.69) is 36.1 Å². The smallest absolute Gasteiger partial charge is 0.0453 e. The minimum absolute atomic E-state index is 0.349. The Labute approximate surface area is 107 Å². The summed E-state index contributed by atoms with van der Waals surface area (Å²) in [6.07, 6.45) is 2.55. The van der Waals surface area contributed by atoms with Crippen LogP contribution in [0.4, 0.5) is 0 Å². The maximum atomic E-state index is 6.19. The highest BCUT2D eigenvalue weighted by molar-refractivity contribution is 7.99. The van der Waals surface area contributed by atoms with E-state index in [0.29, 0.717) is 12.1 Å². The molecule has 3 heteroatoms. The Morgan fingerprint density at radius 3 is 2.69 bits per heavy atom. The zero-order chi connectivity index (χ0) is 11.4. The third-order valence-corrected chi connectivity index (χ3v) is 4.47. The number of thioether (sulfide) groups is 1. The average Bonchev–Trinajstić information content (AvgIpc) is 2.31. The van der Waals surface area contributed by atoms with E-state index in [1.165, 1.54) is 29.9 Å². The number of rotatable bonds is 3. The summed E-state index contributed by atoms with van der Waals surface area (Å²) in [7, 11) is 0. The molecular weight excluding hydrogens is 238 g/mol. The van der Waals surface area contributed by atoms with Gasteiger partial charge in [-0.25, -0.2) is 0 Å². The summed E-state index contributed by atoms with van der Waals surface area (Å²) in [5.74, 6) is 2.57. The maximum Gasteiger partial charge on any atom is 0.0453 e. The Morgan fingerprint density at radius 1 is 1.31 bits per heavy atom. The molecule has 1 aliphatic rings. The third-order valence-electron chi connectivity index (χ3n) is 3.08. The molecule has 0 unspecified atom stereocenters. The van der Waals surface area contributed by atoms with Crippen molar-refractivity contribution in [3.8, 4) is 0 Å². The topological polar surface area (TPSA) is 12.0 Å². The molecule has 0 aliphatic carbocycles. The Morgan fingerprint density at radius 2 is 2.00 bits per heavy atom. The zero-order valence-corrected chi connectivity index (χ0v) is 11.2. The second-order valence-corrected chi connectivity index (χ2v) is 5.93. The van der Waals surface area contributed by atoms with E-state index in [9.17, 15) is 0 Å². The summed E-state index contributed by atoms with van der Waals surface area (Å²) in [5, 5.41) is 4.55. The molecule has 2 rings (SSSR count). The van der Waals surface area contributed by atoms with Crippen LogP contribution in [0.1, 0.15) is 31.4 Å². The molecule has 1 heterocycles. The summed E-state index contributed by atoms with van der Waals surface area (Å²) in [5.41, 5.74) is 1.21. The highest BCUT2D eigenvalue weighted by atomic mass is 35.5. The quantitative estimate of drug-likeness (QED) is 0.880. The molecule has 0 spiro atoms. The van der Waals surface area contributed by atoms with E-state index in [0.717, 1.165) is 5.02 Å². The first-order chi connectivity index (χ1) is 7.77. The number of nitrogens with one attached hydrogen (secondary N) is 1. The number of hydrogen-bond acceptors (Lipinski definition) is 2. The normalized spacial score (nSPS) is 19.6. The van der Waals surface area contributed by atoms with Crippen molar-refractivity contribution in [2.45, 2.75) is 31.8 Å². The second kappa shape index (κ2) is 5.95. The highest BCUT2D eigenvalue weighted by Gasteiger charge is 2.17. The molecule has 1 fully saturated rings. The van der Waals surface area contributed by atoms with Gasteiger partial charge < -0.3 is 5.32 Å². The van der Waals surface area contributed by atoms with Crippen LogP contribution in [-0.4, -0.2) is 17.5 Å². The van der Waals surface area contributed by atoms with Gasteiger partial charge in [-0.05, 0) is 42.9 Å². The minimum Gasteiger partial charge on any atom is -0.307 e. The van der Waals surface area contributed by atoms with Crippen molar-refractivity contribution in [2.24, 2.45) is 0 Å². The van der Waals surface area contributed by atoms with Crippen LogP contribution in [0, 0.1) is 0 Å². The van der Waals surface area contributed by atoms with Crippen LogP contribution < -0.4 is 5.32 Å². The summed E-state index contributed by atoms with van der Waals surface area (Å²) in [4.78, 5) is 0. The van der Waals surface area contributed by atoms with Gasteiger partial charge in [-0.15, -0.1) is 0 Å². The number of hydrogen-bond donors (Lipinski definition) is 1. The van der Waals surface area contributed by atoms with Crippen molar-refractivity contribution < 1.29 is 0 Å². The molecule has 1 saturated heterocycles. The van der Waals surface area contributed by atoms with Gasteiger partial charge in [0.15, 0.2) is 0 Å². The lowest BCUT2D eigenvalue weighted by atomic mass is 10.1. The Hall–Kier alpha value is -0.180. The van der Waals surface area contributed by atoms with Gasteiger partial charge in [0.05, 0.1) is 0 Å². The van der Waals surface area contributed by atoms with E-state index < -0.39 is 0 Å². The van der Waals surface area contributed by atoms with Crippen LogP contribution >= 0.6 is 23.4 Å². The van der Waals surface area contributed by atoms with Gasteiger partial charge in [0.2, 0.25) is 0 Å². The lowest BCUT2D eigenvalue weighted by Crippen LogP contribution is -2.34. The van der Waals surface area contributed by atoms with Crippen molar-refractivity contribution >= 4 is 23.4 Å². The molecule has 0 radical (unpaired) electrons. The Kier molecular flexibility index (Phi) is 4.56. The first-order valence-corrected chi connectivity index (χ1v) is 7.39. The van der Waals surface area contributed by atoms with Gasteiger partial charge in [-0.1, -0.05) is 29.8 Å². The fourth-order valence-corrected chi connectivity index (χ4v) is 3.54. The summed E-state index contributed by atoms with van der Waals surface area (Å²) >= 11 is 8.25. The van der Waals surface area contributed by atoms with Crippen LogP contribution in [0.5, 0.6) is 0 Å². The molecule has 88 valence electrons. The van der Waals surface area contributed by atoms with Gasteiger partial charge >= 0.3 is 0 Å². The monoisotopic (exact) mass is 255 g/mol. The standard InChI is InChI=1S/C13H18ClNS/c1-10(12-4-2-3-5-13(12)14)15-11-6-8-16-9-7-11/h2-5,10-11,15H,6-9H2,1H3/t10-/m0/s1. The van der Waals surface area contributed by atoms with Crippen LogP contribution in [0.3, 0.4) is 0 Å². The van der Waals surface area contributed by atoms with Gasteiger partial charge in [-0.2, -0.15) is 11.8 Å². The molecule has 0 bridgehead atoms. The summed E-state index contributed by atoms with van der Waals surface area (Å²) in [6, 6.07) is 9.12. The van der Waals surface area contributed by atoms with E-state index in [1.54, 1.807) is 0 Å². The third kappa shape index (κ3) is 3.16. The Bertz CT molecular complexity index is 336.